The molecule has 0 spiro atoms. The molecule has 0 aliphatic rings. The van der Waals surface area contributed by atoms with Crippen LogP contribution in [0.15, 0.2) is 17.0 Å². The number of rotatable bonds is 7. The lowest BCUT2D eigenvalue weighted by Crippen LogP contribution is -2.33. The van der Waals surface area contributed by atoms with Crippen molar-refractivity contribution in [2.24, 2.45) is 0 Å². The average molecular weight is 298 g/mol. The first kappa shape index (κ1) is 16.7. The number of hydrogen-bond acceptors (Lipinski definition) is 5. The van der Waals surface area contributed by atoms with Gasteiger partial charge in [0.15, 0.2) is 11.5 Å². The van der Waals surface area contributed by atoms with E-state index in [0.717, 1.165) is 10.5 Å². The largest absolute Gasteiger partial charge is 0.493 e. The van der Waals surface area contributed by atoms with Gasteiger partial charge in [-0.25, -0.2) is 0 Å². The van der Waals surface area contributed by atoms with Gasteiger partial charge in [-0.2, -0.15) is 0 Å². The summed E-state index contributed by atoms with van der Waals surface area (Å²) < 4.78 is 10.6. The van der Waals surface area contributed by atoms with Gasteiger partial charge in [0.2, 0.25) is 5.91 Å². The predicted molar refractivity (Wildman–Crippen MR) is 81.7 cm³/mol. The van der Waals surface area contributed by atoms with Gasteiger partial charge in [-0.1, -0.05) is 0 Å². The van der Waals surface area contributed by atoms with Crippen molar-refractivity contribution >= 4 is 17.7 Å². The highest BCUT2D eigenvalue weighted by Gasteiger charge is 2.14. The molecule has 0 aromatic heterocycles. The second-order valence-electron chi connectivity index (χ2n) is 4.30. The molecule has 0 aliphatic heterocycles. The molecule has 0 atom stereocenters. The molecule has 1 rings (SSSR count). The van der Waals surface area contributed by atoms with Crippen LogP contribution >= 0.6 is 11.8 Å². The number of benzene rings is 1. The number of thioether (sulfide) groups is 1. The first-order valence-corrected chi connectivity index (χ1v) is 7.47. The van der Waals surface area contributed by atoms with E-state index < -0.39 is 0 Å². The number of carbonyl (C=O) groups is 1. The van der Waals surface area contributed by atoms with Gasteiger partial charge >= 0.3 is 0 Å². The summed E-state index contributed by atoms with van der Waals surface area (Å²) in [6.45, 7) is 0.870. The van der Waals surface area contributed by atoms with Gasteiger partial charge in [-0.05, 0) is 31.0 Å². The molecule has 0 saturated carbocycles. The fourth-order valence-corrected chi connectivity index (χ4v) is 2.46. The maximum atomic E-state index is 11.8. The lowest BCUT2D eigenvalue weighted by atomic mass is 10.2. The molecule has 0 fully saturated rings. The molecular formula is C14H22N2O3S. The molecular weight excluding hydrogens is 276 g/mol. The number of likely N-dealkylation sites (N-methyl/N-ethyl adjacent to an activating group) is 2. The van der Waals surface area contributed by atoms with Gasteiger partial charge in [0.05, 0.1) is 20.8 Å². The quantitative estimate of drug-likeness (QED) is 0.775. The van der Waals surface area contributed by atoms with E-state index in [2.05, 4.69) is 5.32 Å². The fourth-order valence-electron chi connectivity index (χ4n) is 1.85. The molecule has 1 amide bonds. The molecule has 0 saturated heterocycles. The zero-order valence-electron chi connectivity index (χ0n) is 12.6. The normalized spacial score (nSPS) is 10.2. The minimum absolute atomic E-state index is 0.0503. The van der Waals surface area contributed by atoms with Crippen LogP contribution in [0.5, 0.6) is 11.5 Å². The van der Waals surface area contributed by atoms with Gasteiger partial charge in [0, 0.05) is 18.5 Å². The Morgan fingerprint density at radius 1 is 1.30 bits per heavy atom. The number of nitrogens with one attached hydrogen (secondary N) is 1. The van der Waals surface area contributed by atoms with Crippen molar-refractivity contribution in [3.8, 4) is 11.5 Å². The van der Waals surface area contributed by atoms with Crippen molar-refractivity contribution in [2.75, 3.05) is 41.1 Å². The average Bonchev–Trinajstić information content (AvgIpc) is 2.46. The molecule has 0 aliphatic carbocycles. The number of methoxy groups -OCH3 is 2. The summed E-state index contributed by atoms with van der Waals surface area (Å²) in [5.74, 6) is 1.42. The first-order valence-electron chi connectivity index (χ1n) is 6.24. The highest BCUT2D eigenvalue weighted by molar-refractivity contribution is 7.98. The molecule has 1 N–H and O–H groups in total. The van der Waals surface area contributed by atoms with Crippen molar-refractivity contribution in [3.05, 3.63) is 17.7 Å². The van der Waals surface area contributed by atoms with Crippen molar-refractivity contribution in [1.29, 1.82) is 0 Å². The summed E-state index contributed by atoms with van der Waals surface area (Å²) in [5, 5.41) is 2.86. The third-order valence-corrected chi connectivity index (χ3v) is 3.77. The van der Waals surface area contributed by atoms with E-state index in [-0.39, 0.29) is 5.91 Å². The van der Waals surface area contributed by atoms with Crippen LogP contribution in [0.3, 0.4) is 0 Å². The summed E-state index contributed by atoms with van der Waals surface area (Å²) in [5.41, 5.74) is 1.04. The van der Waals surface area contributed by atoms with E-state index in [0.29, 0.717) is 24.6 Å². The highest BCUT2D eigenvalue weighted by Crippen LogP contribution is 2.35. The van der Waals surface area contributed by atoms with Crippen LogP contribution in [0.2, 0.25) is 0 Å². The zero-order valence-corrected chi connectivity index (χ0v) is 13.5. The first-order chi connectivity index (χ1) is 9.57. The van der Waals surface area contributed by atoms with Crippen LogP contribution in [0.1, 0.15) is 5.56 Å². The maximum absolute atomic E-state index is 11.8. The predicted octanol–water partition coefficient (Wildman–Crippen LogP) is 1.60. The molecule has 112 valence electrons. The van der Waals surface area contributed by atoms with E-state index >= 15 is 0 Å². The van der Waals surface area contributed by atoms with E-state index in [4.69, 9.17) is 9.47 Å². The Labute approximate surface area is 124 Å². The Kier molecular flexibility index (Phi) is 6.67. The molecule has 0 heterocycles. The number of nitrogens with zero attached hydrogens (tertiary/aromatic N) is 1. The van der Waals surface area contributed by atoms with Gasteiger partial charge < -0.3 is 19.7 Å². The highest BCUT2D eigenvalue weighted by atomic mass is 32.2. The lowest BCUT2D eigenvalue weighted by Gasteiger charge is -2.20. The van der Waals surface area contributed by atoms with Crippen molar-refractivity contribution < 1.29 is 14.3 Å². The minimum Gasteiger partial charge on any atom is -0.493 e. The van der Waals surface area contributed by atoms with Crippen LogP contribution in [0.4, 0.5) is 0 Å². The van der Waals surface area contributed by atoms with Gasteiger partial charge in [-0.15, -0.1) is 11.8 Å². The summed E-state index contributed by atoms with van der Waals surface area (Å²) in [4.78, 5) is 14.6. The van der Waals surface area contributed by atoms with E-state index in [1.54, 1.807) is 45.0 Å². The zero-order chi connectivity index (χ0) is 15.1. The molecule has 20 heavy (non-hydrogen) atoms. The van der Waals surface area contributed by atoms with Gasteiger partial charge in [-0.3, -0.25) is 4.79 Å². The van der Waals surface area contributed by atoms with Gasteiger partial charge in [0.1, 0.15) is 0 Å². The van der Waals surface area contributed by atoms with Crippen molar-refractivity contribution in [3.63, 3.8) is 0 Å². The third kappa shape index (κ3) is 4.05. The van der Waals surface area contributed by atoms with Crippen LogP contribution in [-0.4, -0.2) is 51.9 Å². The number of ether oxygens (including phenoxy) is 2. The number of carbonyl (C=O) groups excluding carboxylic acids is 1. The molecule has 0 unspecified atom stereocenters. The number of hydrogen-bond donors (Lipinski definition) is 1. The second-order valence-corrected chi connectivity index (χ2v) is 5.15. The van der Waals surface area contributed by atoms with Gasteiger partial charge in [0.25, 0.3) is 0 Å². The Morgan fingerprint density at radius 3 is 2.40 bits per heavy atom. The van der Waals surface area contributed by atoms with Crippen molar-refractivity contribution in [2.45, 2.75) is 11.4 Å². The summed E-state index contributed by atoms with van der Waals surface area (Å²) in [6.07, 6.45) is 2.00. The van der Waals surface area contributed by atoms with E-state index in [9.17, 15) is 4.79 Å². The van der Waals surface area contributed by atoms with Crippen molar-refractivity contribution in [1.82, 2.24) is 10.2 Å². The summed E-state index contributed by atoms with van der Waals surface area (Å²) >= 11 is 1.62. The van der Waals surface area contributed by atoms with Crippen LogP contribution in [0, 0.1) is 0 Å². The molecule has 1 aromatic rings. The topological polar surface area (TPSA) is 50.8 Å². The molecule has 5 nitrogen and oxygen atoms in total. The molecule has 0 bridgehead atoms. The molecule has 6 heteroatoms. The lowest BCUT2D eigenvalue weighted by molar-refractivity contribution is -0.129. The summed E-state index contributed by atoms with van der Waals surface area (Å²) in [6, 6.07) is 3.86. The molecule has 1 aromatic carbocycles. The smallest absolute Gasteiger partial charge is 0.236 e. The molecule has 0 radical (unpaired) electrons. The maximum Gasteiger partial charge on any atom is 0.236 e. The Bertz CT molecular complexity index is 466. The Morgan fingerprint density at radius 2 is 1.90 bits per heavy atom. The number of amides is 1. The fraction of sp³-hybridized carbons (Fsp3) is 0.500. The van der Waals surface area contributed by atoms with Crippen LogP contribution in [-0.2, 0) is 11.3 Å². The Balaban J connectivity index is 3.01. The third-order valence-electron chi connectivity index (χ3n) is 2.95. The van der Waals surface area contributed by atoms with Crippen LogP contribution in [0.25, 0.3) is 0 Å². The van der Waals surface area contributed by atoms with E-state index in [1.807, 2.05) is 18.4 Å². The standard InChI is InChI=1S/C14H22N2O3S/c1-15-8-14(17)16(2)9-10-6-11(18-3)12(19-4)7-13(10)20-5/h6-7,15H,8-9H2,1-5H3. The SMILES string of the molecule is CNCC(=O)N(C)Cc1cc(OC)c(OC)cc1SC. The second kappa shape index (κ2) is 8.01. The Hall–Kier alpha value is -1.40. The van der Waals surface area contributed by atoms with E-state index in [1.165, 1.54) is 0 Å². The summed E-state index contributed by atoms with van der Waals surface area (Å²) in [7, 11) is 6.77. The monoisotopic (exact) mass is 298 g/mol. The van der Waals surface area contributed by atoms with Crippen LogP contribution < -0.4 is 14.8 Å². The minimum atomic E-state index is 0.0503.